The molecule has 2 N–H and O–H groups in total. The summed E-state index contributed by atoms with van der Waals surface area (Å²) in [5.74, 6) is 0.996. The Bertz CT molecular complexity index is 278. The van der Waals surface area contributed by atoms with E-state index in [2.05, 4.69) is 41.1 Å². The molecule has 0 amide bonds. The van der Waals surface area contributed by atoms with Crippen LogP contribution >= 0.6 is 27.7 Å². The molecule has 1 aromatic carbocycles. The second-order valence-corrected chi connectivity index (χ2v) is 5.21. The van der Waals surface area contributed by atoms with Crippen molar-refractivity contribution in [2.24, 2.45) is 5.73 Å². The fourth-order valence-corrected chi connectivity index (χ4v) is 2.78. The van der Waals surface area contributed by atoms with E-state index in [1.807, 2.05) is 17.8 Å². The summed E-state index contributed by atoms with van der Waals surface area (Å²) in [6.45, 7) is 2.17. The number of nitrogens with two attached hydrogens (primary N) is 1. The molecule has 1 nitrogen and oxygen atoms in total. The summed E-state index contributed by atoms with van der Waals surface area (Å²) in [5.41, 5.74) is 5.95. The molecule has 0 saturated carbocycles. The van der Waals surface area contributed by atoms with E-state index in [0.29, 0.717) is 6.04 Å². The van der Waals surface area contributed by atoms with E-state index < -0.39 is 0 Å². The van der Waals surface area contributed by atoms with Crippen molar-refractivity contribution in [1.82, 2.24) is 0 Å². The van der Waals surface area contributed by atoms with Crippen molar-refractivity contribution in [3.8, 4) is 0 Å². The third-order valence-electron chi connectivity index (χ3n) is 1.95. The summed E-state index contributed by atoms with van der Waals surface area (Å²) in [6.07, 6.45) is 2.27. The van der Waals surface area contributed by atoms with Gasteiger partial charge in [-0.1, -0.05) is 25.5 Å². The van der Waals surface area contributed by atoms with Crippen molar-refractivity contribution in [2.45, 2.75) is 30.7 Å². The zero-order chi connectivity index (χ0) is 10.4. The fraction of sp³-hybridized carbons (Fsp3) is 0.455. The van der Waals surface area contributed by atoms with Gasteiger partial charge in [0.05, 0.1) is 0 Å². The topological polar surface area (TPSA) is 26.0 Å². The van der Waals surface area contributed by atoms with Crippen LogP contribution in [0, 0.1) is 0 Å². The van der Waals surface area contributed by atoms with Crippen molar-refractivity contribution in [2.75, 3.05) is 5.75 Å². The summed E-state index contributed by atoms with van der Waals surface area (Å²) in [7, 11) is 0. The second-order valence-electron chi connectivity index (χ2n) is 3.29. The van der Waals surface area contributed by atoms with Gasteiger partial charge < -0.3 is 5.73 Å². The van der Waals surface area contributed by atoms with Crippen LogP contribution < -0.4 is 5.73 Å². The molecule has 0 saturated heterocycles. The van der Waals surface area contributed by atoms with E-state index in [9.17, 15) is 0 Å². The Morgan fingerprint density at radius 3 is 2.79 bits per heavy atom. The lowest BCUT2D eigenvalue weighted by Gasteiger charge is -2.10. The smallest absolute Gasteiger partial charge is 0.0311 e. The maximum absolute atomic E-state index is 5.95. The molecule has 0 aliphatic carbocycles. The highest BCUT2D eigenvalue weighted by Crippen LogP contribution is 2.27. The molecule has 0 radical (unpaired) electrons. The zero-order valence-electron chi connectivity index (χ0n) is 8.37. The standard InChI is InChI=1S/C11H16BrNS/c1-2-5-9(13)8-14-11-7-4-3-6-10(11)12/h3-4,6-7,9H,2,5,8,13H2,1H3. The van der Waals surface area contributed by atoms with Crippen molar-refractivity contribution >= 4 is 27.7 Å². The van der Waals surface area contributed by atoms with Gasteiger partial charge in [0.1, 0.15) is 0 Å². The average Bonchev–Trinajstić information content (AvgIpc) is 2.17. The van der Waals surface area contributed by atoms with Crippen LogP contribution in [-0.4, -0.2) is 11.8 Å². The van der Waals surface area contributed by atoms with Crippen molar-refractivity contribution in [3.05, 3.63) is 28.7 Å². The Kier molecular flexibility index (Phi) is 5.60. The second kappa shape index (κ2) is 6.49. The van der Waals surface area contributed by atoms with Gasteiger partial charge in [-0.05, 0) is 34.5 Å². The normalized spacial score (nSPS) is 12.8. The van der Waals surface area contributed by atoms with Gasteiger partial charge in [-0.25, -0.2) is 0 Å². The van der Waals surface area contributed by atoms with Crippen molar-refractivity contribution < 1.29 is 0 Å². The van der Waals surface area contributed by atoms with Gasteiger partial charge in [0.15, 0.2) is 0 Å². The van der Waals surface area contributed by atoms with E-state index >= 15 is 0 Å². The average molecular weight is 274 g/mol. The van der Waals surface area contributed by atoms with Crippen molar-refractivity contribution in [1.29, 1.82) is 0 Å². The lowest BCUT2D eigenvalue weighted by atomic mass is 10.2. The summed E-state index contributed by atoms with van der Waals surface area (Å²) in [4.78, 5) is 1.28. The van der Waals surface area contributed by atoms with Crippen LogP contribution in [0.4, 0.5) is 0 Å². The lowest BCUT2D eigenvalue weighted by molar-refractivity contribution is 0.660. The molecule has 0 bridgehead atoms. The molecule has 0 aliphatic heterocycles. The van der Waals surface area contributed by atoms with Crippen LogP contribution in [0.5, 0.6) is 0 Å². The van der Waals surface area contributed by atoms with E-state index in [4.69, 9.17) is 5.73 Å². The van der Waals surface area contributed by atoms with Gasteiger partial charge in [0.2, 0.25) is 0 Å². The monoisotopic (exact) mass is 273 g/mol. The molecule has 1 unspecified atom stereocenters. The summed E-state index contributed by atoms with van der Waals surface area (Å²) >= 11 is 5.35. The molecular formula is C11H16BrNS. The predicted octanol–water partition coefficient (Wildman–Crippen LogP) is 3.67. The number of benzene rings is 1. The third kappa shape index (κ3) is 4.03. The van der Waals surface area contributed by atoms with Crippen LogP contribution in [0.2, 0.25) is 0 Å². The molecular weight excluding hydrogens is 258 g/mol. The number of hydrogen-bond acceptors (Lipinski definition) is 2. The van der Waals surface area contributed by atoms with Gasteiger partial charge >= 0.3 is 0 Å². The van der Waals surface area contributed by atoms with E-state index in [1.165, 1.54) is 4.90 Å². The molecule has 1 aromatic rings. The Balaban J connectivity index is 2.41. The lowest BCUT2D eigenvalue weighted by Crippen LogP contribution is -2.22. The minimum absolute atomic E-state index is 0.317. The molecule has 0 spiro atoms. The molecule has 0 aromatic heterocycles. The molecule has 0 fully saturated rings. The largest absolute Gasteiger partial charge is 0.327 e. The minimum Gasteiger partial charge on any atom is -0.327 e. The number of thioether (sulfide) groups is 1. The molecule has 1 atom stereocenters. The Morgan fingerprint density at radius 2 is 2.14 bits per heavy atom. The Labute approximate surface area is 98.6 Å². The maximum atomic E-state index is 5.95. The molecule has 14 heavy (non-hydrogen) atoms. The van der Waals surface area contributed by atoms with Crippen LogP contribution in [0.25, 0.3) is 0 Å². The van der Waals surface area contributed by atoms with Crippen LogP contribution in [-0.2, 0) is 0 Å². The number of halogens is 1. The van der Waals surface area contributed by atoms with Crippen LogP contribution in [0.15, 0.2) is 33.6 Å². The summed E-state index contributed by atoms with van der Waals surface area (Å²) in [5, 5.41) is 0. The third-order valence-corrected chi connectivity index (χ3v) is 4.16. The van der Waals surface area contributed by atoms with Gasteiger partial charge in [-0.3, -0.25) is 0 Å². The predicted molar refractivity (Wildman–Crippen MR) is 67.7 cm³/mol. The van der Waals surface area contributed by atoms with Gasteiger partial charge in [-0.15, -0.1) is 11.8 Å². The van der Waals surface area contributed by atoms with Gasteiger partial charge in [0, 0.05) is 21.2 Å². The van der Waals surface area contributed by atoms with Crippen LogP contribution in [0.1, 0.15) is 19.8 Å². The summed E-state index contributed by atoms with van der Waals surface area (Å²) in [6, 6.07) is 8.58. The first-order chi connectivity index (χ1) is 6.74. The highest BCUT2D eigenvalue weighted by Gasteiger charge is 2.04. The number of hydrogen-bond donors (Lipinski definition) is 1. The molecule has 0 heterocycles. The maximum Gasteiger partial charge on any atom is 0.0311 e. The van der Waals surface area contributed by atoms with E-state index in [0.717, 1.165) is 23.1 Å². The SMILES string of the molecule is CCCC(N)CSc1ccccc1Br. The van der Waals surface area contributed by atoms with E-state index in [1.54, 1.807) is 0 Å². The zero-order valence-corrected chi connectivity index (χ0v) is 10.8. The quantitative estimate of drug-likeness (QED) is 0.829. The minimum atomic E-state index is 0.317. The Hall–Kier alpha value is 0.01000. The molecule has 0 aliphatic rings. The van der Waals surface area contributed by atoms with Gasteiger partial charge in [-0.2, -0.15) is 0 Å². The molecule has 1 rings (SSSR count). The van der Waals surface area contributed by atoms with Gasteiger partial charge in [0.25, 0.3) is 0 Å². The highest BCUT2D eigenvalue weighted by atomic mass is 79.9. The molecule has 3 heteroatoms. The first kappa shape index (κ1) is 12.1. The Morgan fingerprint density at radius 1 is 1.43 bits per heavy atom. The molecule has 78 valence electrons. The fourth-order valence-electron chi connectivity index (χ4n) is 1.21. The first-order valence-corrected chi connectivity index (χ1v) is 6.64. The first-order valence-electron chi connectivity index (χ1n) is 4.87. The summed E-state index contributed by atoms with van der Waals surface area (Å²) < 4.78 is 1.16. The van der Waals surface area contributed by atoms with E-state index in [-0.39, 0.29) is 0 Å². The highest BCUT2D eigenvalue weighted by molar-refractivity contribution is 9.10. The van der Waals surface area contributed by atoms with Crippen molar-refractivity contribution in [3.63, 3.8) is 0 Å². The number of rotatable bonds is 5. The van der Waals surface area contributed by atoms with Crippen LogP contribution in [0.3, 0.4) is 0 Å².